The standard InChI is InChI=1S/C15H17FN2O4S2/c1-11-9-14(7-8-15(11)16)24(21,22)17-12-5-4-6-13(10-12)18(2)23(3,19)20/h4-10,17H,1-3H3. The van der Waals surface area contributed by atoms with Gasteiger partial charge in [-0.1, -0.05) is 6.07 Å². The van der Waals surface area contributed by atoms with Crippen LogP contribution < -0.4 is 9.03 Å². The maximum Gasteiger partial charge on any atom is 0.261 e. The Morgan fingerprint density at radius 2 is 1.71 bits per heavy atom. The van der Waals surface area contributed by atoms with E-state index in [1.54, 1.807) is 6.07 Å². The molecule has 0 saturated heterocycles. The third kappa shape index (κ3) is 4.04. The van der Waals surface area contributed by atoms with Crippen molar-refractivity contribution in [3.8, 4) is 0 Å². The van der Waals surface area contributed by atoms with Crippen LogP contribution in [-0.4, -0.2) is 30.1 Å². The molecule has 0 bridgehead atoms. The Labute approximate surface area is 141 Å². The minimum Gasteiger partial charge on any atom is -0.280 e. The molecule has 0 amide bonds. The molecule has 0 heterocycles. The van der Waals surface area contributed by atoms with Gasteiger partial charge in [0, 0.05) is 7.05 Å². The summed E-state index contributed by atoms with van der Waals surface area (Å²) in [6.07, 6.45) is 1.05. The minimum atomic E-state index is -3.92. The first-order valence-electron chi connectivity index (χ1n) is 6.83. The van der Waals surface area contributed by atoms with E-state index in [0.29, 0.717) is 5.69 Å². The van der Waals surface area contributed by atoms with Crippen LogP contribution in [0.1, 0.15) is 5.56 Å². The van der Waals surface area contributed by atoms with Gasteiger partial charge < -0.3 is 0 Å². The summed E-state index contributed by atoms with van der Waals surface area (Å²) in [5.41, 5.74) is 0.724. The highest BCUT2D eigenvalue weighted by atomic mass is 32.2. The van der Waals surface area contributed by atoms with Crippen molar-refractivity contribution in [2.75, 3.05) is 22.3 Å². The smallest absolute Gasteiger partial charge is 0.261 e. The Kier molecular flexibility index (Phi) is 4.86. The third-order valence-electron chi connectivity index (χ3n) is 3.40. The summed E-state index contributed by atoms with van der Waals surface area (Å²) in [6, 6.07) is 9.44. The Hall–Kier alpha value is -2.13. The Morgan fingerprint density at radius 3 is 2.29 bits per heavy atom. The average molecular weight is 372 g/mol. The van der Waals surface area contributed by atoms with Gasteiger partial charge in [0.25, 0.3) is 10.0 Å². The summed E-state index contributed by atoms with van der Waals surface area (Å²) in [7, 11) is -6.01. The van der Waals surface area contributed by atoms with E-state index in [2.05, 4.69) is 4.72 Å². The van der Waals surface area contributed by atoms with Crippen LogP contribution in [0.3, 0.4) is 0 Å². The number of nitrogens with one attached hydrogen (secondary N) is 1. The van der Waals surface area contributed by atoms with Crippen molar-refractivity contribution in [2.45, 2.75) is 11.8 Å². The zero-order chi connectivity index (χ0) is 18.1. The van der Waals surface area contributed by atoms with E-state index in [1.807, 2.05) is 0 Å². The van der Waals surface area contributed by atoms with Gasteiger partial charge in [-0.2, -0.15) is 0 Å². The Bertz CT molecular complexity index is 973. The molecule has 2 rings (SSSR count). The van der Waals surface area contributed by atoms with Crippen LogP contribution in [-0.2, 0) is 20.0 Å². The summed E-state index contributed by atoms with van der Waals surface area (Å²) >= 11 is 0. The summed E-state index contributed by atoms with van der Waals surface area (Å²) < 4.78 is 64.6. The van der Waals surface area contributed by atoms with E-state index in [9.17, 15) is 21.2 Å². The monoisotopic (exact) mass is 372 g/mol. The topological polar surface area (TPSA) is 83.6 Å². The van der Waals surface area contributed by atoms with Crippen molar-refractivity contribution in [3.63, 3.8) is 0 Å². The number of nitrogens with zero attached hydrogens (tertiary/aromatic N) is 1. The highest BCUT2D eigenvalue weighted by molar-refractivity contribution is 7.92. The molecular formula is C15H17FN2O4S2. The second kappa shape index (κ2) is 6.40. The number of sulfonamides is 2. The fourth-order valence-electron chi connectivity index (χ4n) is 1.96. The largest absolute Gasteiger partial charge is 0.280 e. The van der Waals surface area contributed by atoms with Gasteiger partial charge >= 0.3 is 0 Å². The molecule has 6 nitrogen and oxygen atoms in total. The van der Waals surface area contributed by atoms with Crippen LogP contribution in [0.5, 0.6) is 0 Å². The zero-order valence-electron chi connectivity index (χ0n) is 13.3. The number of anilines is 2. The molecule has 9 heteroatoms. The van der Waals surface area contributed by atoms with Crippen LogP contribution in [0, 0.1) is 12.7 Å². The maximum absolute atomic E-state index is 13.3. The first-order chi connectivity index (χ1) is 11.0. The third-order valence-corrected chi connectivity index (χ3v) is 5.98. The molecular weight excluding hydrogens is 355 g/mol. The first kappa shape index (κ1) is 18.2. The van der Waals surface area contributed by atoms with E-state index < -0.39 is 25.9 Å². The number of rotatable bonds is 5. The molecule has 130 valence electrons. The normalized spacial score (nSPS) is 12.0. The molecule has 0 atom stereocenters. The van der Waals surface area contributed by atoms with E-state index in [-0.39, 0.29) is 16.1 Å². The average Bonchev–Trinajstić information content (AvgIpc) is 2.48. The molecule has 0 aliphatic heterocycles. The molecule has 0 fully saturated rings. The predicted octanol–water partition coefficient (Wildman–Crippen LogP) is 2.33. The predicted molar refractivity (Wildman–Crippen MR) is 91.6 cm³/mol. The van der Waals surface area contributed by atoms with E-state index >= 15 is 0 Å². The van der Waals surface area contributed by atoms with Gasteiger partial charge in [0.05, 0.1) is 22.5 Å². The summed E-state index contributed by atoms with van der Waals surface area (Å²) in [6.45, 7) is 1.47. The molecule has 0 aliphatic carbocycles. The number of benzene rings is 2. The Morgan fingerprint density at radius 1 is 1.04 bits per heavy atom. The van der Waals surface area contributed by atoms with Gasteiger partial charge in [0.15, 0.2) is 0 Å². The SMILES string of the molecule is Cc1cc(S(=O)(=O)Nc2cccc(N(C)S(C)(=O)=O)c2)ccc1F. The van der Waals surface area contributed by atoms with Crippen molar-refractivity contribution in [3.05, 3.63) is 53.8 Å². The fraction of sp³-hybridized carbons (Fsp3) is 0.200. The van der Waals surface area contributed by atoms with Gasteiger partial charge in [0.2, 0.25) is 10.0 Å². The molecule has 1 N–H and O–H groups in total. The van der Waals surface area contributed by atoms with Crippen molar-refractivity contribution in [1.29, 1.82) is 0 Å². The Balaban J connectivity index is 2.35. The molecule has 24 heavy (non-hydrogen) atoms. The van der Waals surface area contributed by atoms with E-state index in [1.165, 1.54) is 38.2 Å². The molecule has 0 radical (unpaired) electrons. The number of hydrogen-bond donors (Lipinski definition) is 1. The van der Waals surface area contributed by atoms with Gasteiger partial charge in [-0.15, -0.1) is 0 Å². The highest BCUT2D eigenvalue weighted by Crippen LogP contribution is 2.23. The van der Waals surface area contributed by atoms with Crippen LogP contribution in [0.2, 0.25) is 0 Å². The van der Waals surface area contributed by atoms with Crippen LogP contribution in [0.4, 0.5) is 15.8 Å². The molecule has 0 unspecified atom stereocenters. The van der Waals surface area contributed by atoms with E-state index in [4.69, 9.17) is 0 Å². The van der Waals surface area contributed by atoms with Crippen molar-refractivity contribution in [1.82, 2.24) is 0 Å². The zero-order valence-corrected chi connectivity index (χ0v) is 14.9. The lowest BCUT2D eigenvalue weighted by molar-refractivity contribution is 0.597. The molecule has 2 aromatic carbocycles. The molecule has 0 spiro atoms. The lowest BCUT2D eigenvalue weighted by atomic mass is 10.2. The van der Waals surface area contributed by atoms with Gasteiger partial charge in [-0.05, 0) is 48.9 Å². The van der Waals surface area contributed by atoms with Crippen LogP contribution in [0.15, 0.2) is 47.4 Å². The summed E-state index contributed by atoms with van der Waals surface area (Å²) in [5, 5.41) is 0. The highest BCUT2D eigenvalue weighted by Gasteiger charge is 2.17. The van der Waals surface area contributed by atoms with Crippen molar-refractivity contribution in [2.24, 2.45) is 0 Å². The molecule has 0 saturated carbocycles. The van der Waals surface area contributed by atoms with Crippen LogP contribution >= 0.6 is 0 Å². The lowest BCUT2D eigenvalue weighted by Gasteiger charge is -2.17. The minimum absolute atomic E-state index is 0.0803. The van der Waals surface area contributed by atoms with Crippen molar-refractivity contribution >= 4 is 31.4 Å². The fourth-order valence-corrected chi connectivity index (χ4v) is 3.59. The quantitative estimate of drug-likeness (QED) is 0.873. The van der Waals surface area contributed by atoms with E-state index in [0.717, 1.165) is 22.7 Å². The summed E-state index contributed by atoms with van der Waals surface area (Å²) in [5.74, 6) is -0.495. The molecule has 0 aliphatic rings. The second-order valence-corrected chi connectivity index (χ2v) is 8.99. The number of hydrogen-bond acceptors (Lipinski definition) is 4. The first-order valence-corrected chi connectivity index (χ1v) is 10.2. The number of halogens is 1. The van der Waals surface area contributed by atoms with Gasteiger partial charge in [-0.3, -0.25) is 9.03 Å². The maximum atomic E-state index is 13.3. The van der Waals surface area contributed by atoms with Crippen LogP contribution in [0.25, 0.3) is 0 Å². The molecule has 2 aromatic rings. The van der Waals surface area contributed by atoms with Gasteiger partial charge in [0.1, 0.15) is 5.82 Å². The lowest BCUT2D eigenvalue weighted by Crippen LogP contribution is -2.24. The van der Waals surface area contributed by atoms with Crippen molar-refractivity contribution < 1.29 is 21.2 Å². The molecule has 0 aromatic heterocycles. The number of aryl methyl sites for hydroxylation is 1. The second-order valence-electron chi connectivity index (χ2n) is 5.30. The van der Waals surface area contributed by atoms with Gasteiger partial charge in [-0.25, -0.2) is 21.2 Å². The summed E-state index contributed by atoms with van der Waals surface area (Å²) in [4.78, 5) is -0.0803.